The number of para-hydroxylation sites is 1. The molecule has 0 fully saturated rings. The lowest BCUT2D eigenvalue weighted by molar-refractivity contribution is -0.105. The molecule has 0 aliphatic heterocycles. The maximum atomic E-state index is 12.3. The average Bonchev–Trinajstić information content (AvgIpc) is 2.91. The van der Waals surface area contributed by atoms with Crippen molar-refractivity contribution in [3.63, 3.8) is 0 Å². The van der Waals surface area contributed by atoms with Gasteiger partial charge in [0.2, 0.25) is 0 Å². The highest BCUT2D eigenvalue weighted by molar-refractivity contribution is 7.99. The number of rotatable bonds is 6. The Hall–Kier alpha value is -1.56. The van der Waals surface area contributed by atoms with E-state index in [1.165, 1.54) is 0 Å². The highest BCUT2D eigenvalue weighted by Gasteiger charge is 2.27. The summed E-state index contributed by atoms with van der Waals surface area (Å²) in [4.78, 5) is 0.616. The fourth-order valence-corrected chi connectivity index (χ4v) is 2.68. The number of benzene rings is 1. The van der Waals surface area contributed by atoms with E-state index < -0.39 is 11.9 Å². The molecule has 0 amide bonds. The monoisotopic (exact) mass is 314 g/mol. The first kappa shape index (κ1) is 15.8. The zero-order chi connectivity index (χ0) is 15.3. The first-order valence-electron chi connectivity index (χ1n) is 6.65. The molecule has 0 atom stereocenters. The normalized spacial score (nSPS) is 11.6. The van der Waals surface area contributed by atoms with E-state index in [1.807, 2.05) is 24.5 Å². The van der Waals surface area contributed by atoms with E-state index in [2.05, 4.69) is 16.8 Å². The highest BCUT2D eigenvalue weighted by atomic mass is 32.2. The molecular weight excluding hydrogens is 297 g/mol. The number of aromatic nitrogens is 1. The summed E-state index contributed by atoms with van der Waals surface area (Å²) in [5.41, 5.74) is 1.84. The van der Waals surface area contributed by atoms with Crippen LogP contribution in [0.3, 0.4) is 0 Å². The molecule has 1 N–H and O–H groups in total. The molecule has 2 aromatic rings. The van der Waals surface area contributed by atoms with Crippen LogP contribution in [0.5, 0.6) is 0 Å². The van der Waals surface area contributed by atoms with Crippen LogP contribution in [-0.2, 0) is 13.1 Å². The van der Waals surface area contributed by atoms with Gasteiger partial charge in [-0.3, -0.25) is 0 Å². The second-order valence-electron chi connectivity index (χ2n) is 4.60. The Morgan fingerprint density at radius 2 is 1.95 bits per heavy atom. The Morgan fingerprint density at radius 3 is 2.62 bits per heavy atom. The molecule has 6 heteroatoms. The maximum Gasteiger partial charge on any atom is 0.398 e. The van der Waals surface area contributed by atoms with Crippen molar-refractivity contribution in [3.8, 4) is 0 Å². The predicted molar refractivity (Wildman–Crippen MR) is 80.7 cm³/mol. The van der Waals surface area contributed by atoms with E-state index in [1.54, 1.807) is 18.2 Å². The van der Waals surface area contributed by atoms with Gasteiger partial charge in [0, 0.05) is 36.1 Å². The van der Waals surface area contributed by atoms with Crippen molar-refractivity contribution < 1.29 is 13.2 Å². The molecule has 1 aromatic heterocycles. The van der Waals surface area contributed by atoms with E-state index in [0.717, 1.165) is 29.6 Å². The molecule has 1 aromatic carbocycles. The number of anilines is 1. The third-order valence-corrected chi connectivity index (χ3v) is 4.08. The van der Waals surface area contributed by atoms with Crippen LogP contribution in [0.1, 0.15) is 12.5 Å². The minimum atomic E-state index is -4.16. The fraction of sp³-hybridized carbons (Fsp3) is 0.333. The van der Waals surface area contributed by atoms with Crippen LogP contribution in [-0.4, -0.2) is 16.5 Å². The van der Waals surface area contributed by atoms with Crippen LogP contribution in [0.4, 0.5) is 18.9 Å². The highest BCUT2D eigenvalue weighted by Crippen LogP contribution is 2.32. The Balaban J connectivity index is 1.99. The molecule has 0 aliphatic rings. The average molecular weight is 314 g/mol. The number of alkyl halides is 3. The molecule has 1 heterocycles. The number of nitrogens with zero attached hydrogens (tertiary/aromatic N) is 1. The molecule has 2 nitrogen and oxygen atoms in total. The van der Waals surface area contributed by atoms with Crippen molar-refractivity contribution in [2.24, 2.45) is 0 Å². The topological polar surface area (TPSA) is 17.0 Å². The molecular formula is C15H17F3N2S. The van der Waals surface area contributed by atoms with Crippen LogP contribution >= 0.6 is 11.8 Å². The molecule has 2 rings (SSSR count). The third-order valence-electron chi connectivity index (χ3n) is 2.94. The number of hydrogen-bond donors (Lipinski definition) is 1. The van der Waals surface area contributed by atoms with Gasteiger partial charge in [0.05, 0.1) is 5.75 Å². The van der Waals surface area contributed by atoms with Crippen LogP contribution in [0.15, 0.2) is 47.6 Å². The van der Waals surface area contributed by atoms with Gasteiger partial charge in [0.1, 0.15) is 0 Å². The van der Waals surface area contributed by atoms with Gasteiger partial charge in [-0.1, -0.05) is 12.1 Å². The van der Waals surface area contributed by atoms with Gasteiger partial charge in [-0.2, -0.15) is 13.2 Å². The fourth-order valence-electron chi connectivity index (χ4n) is 1.89. The lowest BCUT2D eigenvalue weighted by atomic mass is 10.3. The quantitative estimate of drug-likeness (QED) is 0.773. The molecule has 0 spiro atoms. The molecule has 0 radical (unpaired) electrons. The van der Waals surface area contributed by atoms with E-state index in [0.29, 0.717) is 11.4 Å². The van der Waals surface area contributed by atoms with Crippen LogP contribution in [0.2, 0.25) is 0 Å². The number of aryl methyl sites for hydroxylation is 1. The predicted octanol–water partition coefficient (Wildman–Crippen LogP) is 4.77. The van der Waals surface area contributed by atoms with Gasteiger partial charge >= 0.3 is 6.18 Å². The largest absolute Gasteiger partial charge is 0.398 e. The minimum absolute atomic E-state index is 0.594. The molecule has 0 saturated heterocycles. The second-order valence-corrected chi connectivity index (χ2v) is 5.62. The van der Waals surface area contributed by atoms with E-state index >= 15 is 0 Å². The summed E-state index contributed by atoms with van der Waals surface area (Å²) in [6, 6.07) is 9.07. The summed E-state index contributed by atoms with van der Waals surface area (Å²) in [5.74, 6) is -0.877. The van der Waals surface area contributed by atoms with E-state index in [-0.39, 0.29) is 0 Å². The molecule has 0 bridgehead atoms. The van der Waals surface area contributed by atoms with Crippen molar-refractivity contribution in [1.82, 2.24) is 4.57 Å². The summed E-state index contributed by atoms with van der Waals surface area (Å²) < 4.78 is 39.0. The first-order valence-corrected chi connectivity index (χ1v) is 7.63. The number of thioether (sulfide) groups is 1. The Morgan fingerprint density at radius 1 is 1.19 bits per heavy atom. The van der Waals surface area contributed by atoms with Gasteiger partial charge in [-0.25, -0.2) is 0 Å². The van der Waals surface area contributed by atoms with Crippen molar-refractivity contribution in [2.45, 2.75) is 31.1 Å². The van der Waals surface area contributed by atoms with Gasteiger partial charge in [-0.05, 0) is 30.7 Å². The van der Waals surface area contributed by atoms with Crippen LogP contribution < -0.4 is 5.32 Å². The third kappa shape index (κ3) is 5.04. The maximum absolute atomic E-state index is 12.3. The number of nitrogens with one attached hydrogen (secondary N) is 1. The molecule has 0 aliphatic carbocycles. The first-order chi connectivity index (χ1) is 9.98. The lowest BCUT2D eigenvalue weighted by Crippen LogP contribution is -2.11. The zero-order valence-electron chi connectivity index (χ0n) is 11.7. The van der Waals surface area contributed by atoms with Crippen molar-refractivity contribution in [1.29, 1.82) is 0 Å². The number of hydrogen-bond acceptors (Lipinski definition) is 2. The van der Waals surface area contributed by atoms with E-state index in [9.17, 15) is 13.2 Å². The van der Waals surface area contributed by atoms with Gasteiger partial charge in [0.25, 0.3) is 0 Å². The summed E-state index contributed by atoms with van der Waals surface area (Å²) in [7, 11) is 0. The van der Waals surface area contributed by atoms with Crippen LogP contribution in [0, 0.1) is 0 Å². The van der Waals surface area contributed by atoms with Crippen molar-refractivity contribution in [3.05, 3.63) is 48.3 Å². The number of halogens is 3. The summed E-state index contributed by atoms with van der Waals surface area (Å²) in [5, 5.41) is 3.20. The minimum Gasteiger partial charge on any atom is -0.380 e. The summed E-state index contributed by atoms with van der Waals surface area (Å²) in [6.45, 7) is 3.55. The smallest absolute Gasteiger partial charge is 0.380 e. The lowest BCUT2D eigenvalue weighted by Gasteiger charge is -2.12. The summed E-state index contributed by atoms with van der Waals surface area (Å²) >= 11 is 0.806. The molecule has 0 saturated carbocycles. The van der Waals surface area contributed by atoms with Crippen LogP contribution in [0.25, 0.3) is 0 Å². The second kappa shape index (κ2) is 6.93. The molecule has 0 unspecified atom stereocenters. The Kier molecular flexibility index (Phi) is 5.22. The van der Waals surface area contributed by atoms with Crippen molar-refractivity contribution in [2.75, 3.05) is 11.1 Å². The Bertz CT molecular complexity index is 578. The molecule has 114 valence electrons. The van der Waals surface area contributed by atoms with Gasteiger partial charge in [-0.15, -0.1) is 11.8 Å². The van der Waals surface area contributed by atoms with Crippen molar-refractivity contribution >= 4 is 17.4 Å². The van der Waals surface area contributed by atoms with Gasteiger partial charge < -0.3 is 9.88 Å². The van der Waals surface area contributed by atoms with Gasteiger partial charge in [0.15, 0.2) is 0 Å². The Labute approximate surface area is 126 Å². The summed E-state index contributed by atoms with van der Waals surface area (Å²) in [6.07, 6.45) is -0.143. The SMILES string of the molecule is CCn1ccc(CNc2ccccc2SCC(F)(F)F)c1. The molecule has 21 heavy (non-hydrogen) atoms. The van der Waals surface area contributed by atoms with E-state index in [4.69, 9.17) is 0 Å². The zero-order valence-corrected chi connectivity index (χ0v) is 12.5. The standard InChI is InChI=1S/C15H17F3N2S/c1-2-20-8-7-12(10-20)9-19-13-5-3-4-6-14(13)21-11-15(16,17)18/h3-8,10,19H,2,9,11H2,1H3.